The molecule has 0 N–H and O–H groups in total. The Hall–Kier alpha value is -2.27. The Labute approximate surface area is 132 Å². The number of para-hydroxylation sites is 2. The van der Waals surface area contributed by atoms with Gasteiger partial charge < -0.3 is 4.90 Å². The Morgan fingerprint density at radius 3 is 2.77 bits per heavy atom. The van der Waals surface area contributed by atoms with Gasteiger partial charge in [0.1, 0.15) is 5.69 Å². The molecule has 22 heavy (non-hydrogen) atoms. The van der Waals surface area contributed by atoms with Crippen LogP contribution in [0.1, 0.15) is 28.9 Å². The smallest absolute Gasteiger partial charge is 0.274 e. The summed E-state index contributed by atoms with van der Waals surface area (Å²) in [5.41, 5.74) is 3.19. The highest BCUT2D eigenvalue weighted by molar-refractivity contribution is 7.07. The summed E-state index contributed by atoms with van der Waals surface area (Å²) >= 11 is 1.66. The SMILES string of the molecule is O=C(c1cnc2ccccc2n1)N(Cc1ccsc1)C1CC1. The zero-order valence-electron chi connectivity index (χ0n) is 12.0. The van der Waals surface area contributed by atoms with E-state index in [1.54, 1.807) is 17.5 Å². The van der Waals surface area contributed by atoms with Crippen molar-refractivity contribution in [3.05, 3.63) is 58.5 Å². The van der Waals surface area contributed by atoms with Crippen molar-refractivity contribution in [2.75, 3.05) is 0 Å². The Morgan fingerprint density at radius 2 is 2.05 bits per heavy atom. The zero-order chi connectivity index (χ0) is 14.9. The maximum Gasteiger partial charge on any atom is 0.274 e. The molecular weight excluding hydrogens is 294 g/mol. The molecule has 4 rings (SSSR count). The molecule has 1 fully saturated rings. The highest BCUT2D eigenvalue weighted by Crippen LogP contribution is 2.30. The van der Waals surface area contributed by atoms with Crippen molar-refractivity contribution in [1.82, 2.24) is 14.9 Å². The summed E-state index contributed by atoms with van der Waals surface area (Å²) in [4.78, 5) is 23.6. The third-order valence-electron chi connectivity index (χ3n) is 3.85. The second-order valence-corrected chi connectivity index (χ2v) is 6.32. The summed E-state index contributed by atoms with van der Waals surface area (Å²) in [5, 5.41) is 4.13. The minimum absolute atomic E-state index is 0.0213. The quantitative estimate of drug-likeness (QED) is 0.741. The molecule has 0 radical (unpaired) electrons. The van der Waals surface area contributed by atoms with Crippen LogP contribution in [0.25, 0.3) is 11.0 Å². The number of hydrogen-bond acceptors (Lipinski definition) is 4. The van der Waals surface area contributed by atoms with Gasteiger partial charge in [-0.1, -0.05) is 12.1 Å². The van der Waals surface area contributed by atoms with Gasteiger partial charge in [-0.3, -0.25) is 9.78 Å². The molecule has 0 spiro atoms. The number of nitrogens with zero attached hydrogens (tertiary/aromatic N) is 3. The van der Waals surface area contributed by atoms with E-state index in [4.69, 9.17) is 0 Å². The summed E-state index contributed by atoms with van der Waals surface area (Å²) in [6, 6.07) is 10.0. The molecule has 0 bridgehead atoms. The third kappa shape index (κ3) is 2.60. The van der Waals surface area contributed by atoms with Crippen LogP contribution in [0, 0.1) is 0 Å². The second kappa shape index (κ2) is 5.50. The molecule has 5 heteroatoms. The van der Waals surface area contributed by atoms with Gasteiger partial charge in [0.05, 0.1) is 17.2 Å². The number of benzene rings is 1. The van der Waals surface area contributed by atoms with Crippen molar-refractivity contribution >= 4 is 28.3 Å². The van der Waals surface area contributed by atoms with Crippen LogP contribution in [0.2, 0.25) is 0 Å². The average molecular weight is 309 g/mol. The maximum atomic E-state index is 12.8. The lowest BCUT2D eigenvalue weighted by Gasteiger charge is -2.21. The maximum absolute atomic E-state index is 12.8. The standard InChI is InChI=1S/C17H15N3OS/c21-17(16-9-18-14-3-1-2-4-15(14)19-16)20(13-5-6-13)10-12-7-8-22-11-12/h1-4,7-9,11,13H,5-6,10H2. The molecule has 3 aromatic rings. The molecule has 2 aromatic heterocycles. The first-order valence-corrected chi connectivity index (χ1v) is 8.29. The van der Waals surface area contributed by atoms with Crippen LogP contribution in [0.15, 0.2) is 47.3 Å². The van der Waals surface area contributed by atoms with Crippen LogP contribution in [-0.4, -0.2) is 26.8 Å². The number of rotatable bonds is 4. The van der Waals surface area contributed by atoms with Gasteiger partial charge >= 0.3 is 0 Å². The van der Waals surface area contributed by atoms with Crippen molar-refractivity contribution in [3.8, 4) is 0 Å². The van der Waals surface area contributed by atoms with Crippen LogP contribution < -0.4 is 0 Å². The summed E-state index contributed by atoms with van der Waals surface area (Å²) < 4.78 is 0. The molecule has 1 aliphatic carbocycles. The predicted octanol–water partition coefficient (Wildman–Crippen LogP) is 3.50. The molecule has 110 valence electrons. The molecule has 1 aromatic carbocycles. The predicted molar refractivity (Wildman–Crippen MR) is 86.8 cm³/mol. The number of carbonyl (C=O) groups excluding carboxylic acids is 1. The van der Waals surface area contributed by atoms with Gasteiger partial charge in [0.15, 0.2) is 0 Å². The van der Waals surface area contributed by atoms with Crippen LogP contribution in [0.3, 0.4) is 0 Å². The summed E-state index contributed by atoms with van der Waals surface area (Å²) in [5.74, 6) is -0.0213. The van der Waals surface area contributed by atoms with Crippen molar-refractivity contribution in [2.24, 2.45) is 0 Å². The molecule has 2 heterocycles. The number of carbonyl (C=O) groups is 1. The average Bonchev–Trinajstić information content (AvgIpc) is 3.27. The first-order chi connectivity index (χ1) is 10.8. The van der Waals surface area contributed by atoms with E-state index in [-0.39, 0.29) is 5.91 Å². The van der Waals surface area contributed by atoms with Gasteiger partial charge in [0.25, 0.3) is 5.91 Å². The number of fused-ring (bicyclic) bond motifs is 1. The van der Waals surface area contributed by atoms with E-state index in [0.29, 0.717) is 18.3 Å². The van der Waals surface area contributed by atoms with E-state index in [0.717, 1.165) is 23.9 Å². The lowest BCUT2D eigenvalue weighted by molar-refractivity contribution is 0.0724. The monoisotopic (exact) mass is 309 g/mol. The zero-order valence-corrected chi connectivity index (χ0v) is 12.8. The van der Waals surface area contributed by atoms with Crippen molar-refractivity contribution < 1.29 is 4.79 Å². The first-order valence-electron chi connectivity index (χ1n) is 7.35. The van der Waals surface area contributed by atoms with E-state index in [1.165, 1.54) is 5.56 Å². The highest BCUT2D eigenvalue weighted by Gasteiger charge is 2.33. The van der Waals surface area contributed by atoms with Crippen molar-refractivity contribution in [3.63, 3.8) is 0 Å². The minimum atomic E-state index is -0.0213. The Morgan fingerprint density at radius 1 is 1.23 bits per heavy atom. The lowest BCUT2D eigenvalue weighted by Crippen LogP contribution is -2.33. The minimum Gasteiger partial charge on any atom is -0.330 e. The highest BCUT2D eigenvalue weighted by atomic mass is 32.1. The fourth-order valence-electron chi connectivity index (χ4n) is 2.54. The second-order valence-electron chi connectivity index (χ2n) is 5.54. The molecule has 1 saturated carbocycles. The molecule has 0 unspecified atom stereocenters. The molecular formula is C17H15N3OS. The van der Waals surface area contributed by atoms with Gasteiger partial charge in [-0.2, -0.15) is 11.3 Å². The van der Waals surface area contributed by atoms with E-state index in [2.05, 4.69) is 21.4 Å². The normalized spacial score (nSPS) is 14.2. The summed E-state index contributed by atoms with van der Waals surface area (Å²) in [6.45, 7) is 0.654. The third-order valence-corrected chi connectivity index (χ3v) is 4.58. The van der Waals surface area contributed by atoms with Gasteiger partial charge in [0, 0.05) is 12.6 Å². The molecule has 1 aliphatic rings. The number of amides is 1. The Balaban J connectivity index is 1.64. The fourth-order valence-corrected chi connectivity index (χ4v) is 3.20. The van der Waals surface area contributed by atoms with Gasteiger partial charge in [-0.25, -0.2) is 4.98 Å². The van der Waals surface area contributed by atoms with E-state index in [1.807, 2.05) is 34.5 Å². The summed E-state index contributed by atoms with van der Waals surface area (Å²) in [7, 11) is 0. The van der Waals surface area contributed by atoms with E-state index < -0.39 is 0 Å². The van der Waals surface area contributed by atoms with Crippen LogP contribution in [-0.2, 0) is 6.54 Å². The van der Waals surface area contributed by atoms with E-state index >= 15 is 0 Å². The van der Waals surface area contributed by atoms with Crippen molar-refractivity contribution in [1.29, 1.82) is 0 Å². The topological polar surface area (TPSA) is 46.1 Å². The summed E-state index contributed by atoms with van der Waals surface area (Å²) in [6.07, 6.45) is 3.75. The number of thiophene rings is 1. The van der Waals surface area contributed by atoms with Crippen LogP contribution in [0.5, 0.6) is 0 Å². The van der Waals surface area contributed by atoms with Gasteiger partial charge in [-0.05, 0) is 47.4 Å². The van der Waals surface area contributed by atoms with Crippen LogP contribution in [0.4, 0.5) is 0 Å². The Kier molecular flexibility index (Phi) is 3.35. The Bertz CT molecular complexity index is 812. The number of hydrogen-bond donors (Lipinski definition) is 0. The molecule has 0 atom stereocenters. The molecule has 4 nitrogen and oxygen atoms in total. The van der Waals surface area contributed by atoms with Gasteiger partial charge in [-0.15, -0.1) is 0 Å². The van der Waals surface area contributed by atoms with Crippen LogP contribution >= 0.6 is 11.3 Å². The first kappa shape index (κ1) is 13.4. The molecule has 0 aliphatic heterocycles. The molecule has 0 saturated heterocycles. The van der Waals surface area contributed by atoms with Crippen molar-refractivity contribution in [2.45, 2.75) is 25.4 Å². The van der Waals surface area contributed by atoms with E-state index in [9.17, 15) is 4.79 Å². The number of aromatic nitrogens is 2. The molecule has 1 amide bonds. The fraction of sp³-hybridized carbons (Fsp3) is 0.235. The lowest BCUT2D eigenvalue weighted by atomic mass is 10.2. The van der Waals surface area contributed by atoms with Gasteiger partial charge in [0.2, 0.25) is 0 Å². The largest absolute Gasteiger partial charge is 0.330 e.